The van der Waals surface area contributed by atoms with Gasteiger partial charge in [-0.05, 0) is 137 Å². The molecular formula is C46H58N2O7S2. The van der Waals surface area contributed by atoms with Gasteiger partial charge in [0.15, 0.2) is 0 Å². The fourth-order valence-electron chi connectivity index (χ4n) is 8.44. The summed E-state index contributed by atoms with van der Waals surface area (Å²) in [4.78, 5) is 20.2. The Kier molecular flexibility index (Phi) is 14.5. The van der Waals surface area contributed by atoms with Crippen LogP contribution in [0, 0.1) is 17.8 Å². The summed E-state index contributed by atoms with van der Waals surface area (Å²) in [6.45, 7) is 12.1. The number of carbonyl (C=O) groups excluding carboxylic acids is 1. The van der Waals surface area contributed by atoms with Crippen molar-refractivity contribution in [1.82, 2.24) is 0 Å². The summed E-state index contributed by atoms with van der Waals surface area (Å²) in [5.41, 5.74) is 3.22. The normalized spacial score (nSPS) is 24.4. The number of ether oxygens (including phenoxy) is 3. The van der Waals surface area contributed by atoms with Crippen molar-refractivity contribution in [1.29, 1.82) is 0 Å². The highest BCUT2D eigenvalue weighted by atomic mass is 32.2. The van der Waals surface area contributed by atoms with Crippen LogP contribution in [0.4, 0.5) is 5.69 Å². The van der Waals surface area contributed by atoms with Crippen LogP contribution in [0.15, 0.2) is 106 Å². The van der Waals surface area contributed by atoms with Gasteiger partial charge < -0.3 is 34.6 Å². The third kappa shape index (κ3) is 10.3. The van der Waals surface area contributed by atoms with Crippen molar-refractivity contribution in [2.75, 3.05) is 31.4 Å². The van der Waals surface area contributed by atoms with E-state index in [1.54, 1.807) is 29.6 Å². The van der Waals surface area contributed by atoms with Crippen LogP contribution >= 0.6 is 23.5 Å². The van der Waals surface area contributed by atoms with E-state index in [4.69, 9.17) is 24.2 Å². The second kappa shape index (κ2) is 19.3. The number of fused-ring (bicyclic) bond motifs is 2. The molecule has 3 aromatic rings. The molecule has 3 N–H and O–H groups in total. The first-order chi connectivity index (χ1) is 27.5. The summed E-state index contributed by atoms with van der Waals surface area (Å²) in [5.74, 6) is 0.982. The van der Waals surface area contributed by atoms with Crippen molar-refractivity contribution in [2.24, 2.45) is 22.9 Å². The maximum absolute atomic E-state index is 11.8. The lowest BCUT2D eigenvalue weighted by molar-refractivity contribution is -0.223. The number of thioether (sulfide) groups is 2. The van der Waals surface area contributed by atoms with E-state index in [1.807, 2.05) is 69.3 Å². The van der Waals surface area contributed by atoms with Gasteiger partial charge in [0, 0.05) is 53.5 Å². The van der Waals surface area contributed by atoms with Crippen LogP contribution in [0.2, 0.25) is 0 Å². The molecule has 6 atom stereocenters. The second-order valence-corrected chi connectivity index (χ2v) is 18.2. The van der Waals surface area contributed by atoms with Crippen LogP contribution in [-0.2, 0) is 14.4 Å². The number of hydrogen-bond acceptors (Lipinski definition) is 10. The molecule has 11 heteroatoms. The van der Waals surface area contributed by atoms with Gasteiger partial charge in [-0.1, -0.05) is 30.1 Å². The number of oxime groups is 1. The van der Waals surface area contributed by atoms with E-state index in [0.717, 1.165) is 81.7 Å². The lowest BCUT2D eigenvalue weighted by Gasteiger charge is -2.58. The molecule has 0 unspecified atom stereocenters. The van der Waals surface area contributed by atoms with E-state index >= 15 is 0 Å². The number of carbonyl (C=O) groups is 1. The molecule has 1 fully saturated rings. The molecule has 9 nitrogen and oxygen atoms in total. The summed E-state index contributed by atoms with van der Waals surface area (Å²) in [5, 5.41) is 27.3. The number of unbranched alkanes of at least 4 members (excludes halogenated alkanes) is 2. The highest BCUT2D eigenvalue weighted by Crippen LogP contribution is 2.63. The second-order valence-electron chi connectivity index (χ2n) is 16.1. The Morgan fingerprint density at radius 3 is 2.32 bits per heavy atom. The summed E-state index contributed by atoms with van der Waals surface area (Å²) in [6, 6.07) is 22.1. The Hall–Kier alpha value is -3.74. The zero-order chi connectivity index (χ0) is 40.6. The van der Waals surface area contributed by atoms with E-state index in [9.17, 15) is 15.0 Å². The molecule has 0 bridgehead atoms. The van der Waals surface area contributed by atoms with Crippen molar-refractivity contribution < 1.29 is 34.1 Å². The largest absolute Gasteiger partial charge is 0.460 e. The van der Waals surface area contributed by atoms with Gasteiger partial charge in [-0.25, -0.2) is 0 Å². The highest BCUT2D eigenvalue weighted by Gasteiger charge is 2.64. The maximum Gasteiger partial charge on any atom is 0.231 e. The van der Waals surface area contributed by atoms with Gasteiger partial charge >= 0.3 is 0 Å². The van der Waals surface area contributed by atoms with E-state index in [2.05, 4.69) is 42.4 Å². The third-order valence-electron chi connectivity index (χ3n) is 10.8. The van der Waals surface area contributed by atoms with Gasteiger partial charge in [0.2, 0.25) is 11.7 Å². The Morgan fingerprint density at radius 2 is 1.67 bits per heavy atom. The number of anilines is 1. The first kappa shape index (κ1) is 42.9. The minimum atomic E-state index is -1.12. The molecule has 0 saturated heterocycles. The van der Waals surface area contributed by atoms with Crippen LogP contribution in [0.1, 0.15) is 84.1 Å². The molecule has 1 saturated carbocycles. The molecular weight excluding hydrogens is 757 g/mol. The number of amides is 1. The molecule has 0 radical (unpaired) electrons. The number of benzene rings is 3. The SMILES string of the molecule is C=CCO[C@@]12Oc3ccc(Oc4ccc(SC)cc4)cc3[C@H]3[C@H](CCCCO)[C@@H](CCCCO)C=C(C(=NOC(C)(C)C)C[C@@H]1Sc1ccc(NC(C)=O)cc1)[C@H]32. The van der Waals surface area contributed by atoms with Crippen molar-refractivity contribution in [3.05, 3.63) is 96.6 Å². The number of allylic oxidation sites excluding steroid dienone is 1. The zero-order valence-electron chi connectivity index (χ0n) is 33.9. The van der Waals surface area contributed by atoms with Gasteiger partial charge in [0.1, 0.15) is 22.8 Å². The molecule has 3 aliphatic rings. The molecule has 1 heterocycles. The van der Waals surface area contributed by atoms with Crippen LogP contribution < -0.4 is 14.8 Å². The average molecular weight is 815 g/mol. The van der Waals surface area contributed by atoms with Gasteiger partial charge in [0.25, 0.3) is 0 Å². The molecule has 1 amide bonds. The summed E-state index contributed by atoms with van der Waals surface area (Å²) in [6.07, 6.45) is 11.7. The molecule has 1 aliphatic heterocycles. The predicted molar refractivity (Wildman–Crippen MR) is 231 cm³/mol. The van der Waals surface area contributed by atoms with E-state index in [-0.39, 0.29) is 54.6 Å². The van der Waals surface area contributed by atoms with Crippen LogP contribution in [0.3, 0.4) is 0 Å². The summed E-state index contributed by atoms with van der Waals surface area (Å²) < 4.78 is 20.9. The first-order valence-corrected chi connectivity index (χ1v) is 22.2. The van der Waals surface area contributed by atoms with E-state index in [1.165, 1.54) is 6.92 Å². The molecule has 0 aromatic heterocycles. The monoisotopic (exact) mass is 814 g/mol. The van der Waals surface area contributed by atoms with Crippen LogP contribution in [-0.4, -0.2) is 64.5 Å². The molecule has 57 heavy (non-hydrogen) atoms. The van der Waals surface area contributed by atoms with E-state index in [0.29, 0.717) is 12.8 Å². The minimum absolute atomic E-state index is 0.0656. The van der Waals surface area contributed by atoms with Gasteiger partial charge in [-0.15, -0.1) is 30.1 Å². The van der Waals surface area contributed by atoms with E-state index < -0.39 is 11.4 Å². The van der Waals surface area contributed by atoms with Crippen molar-refractivity contribution in [3.63, 3.8) is 0 Å². The predicted octanol–water partition coefficient (Wildman–Crippen LogP) is 10.4. The molecule has 2 aliphatic carbocycles. The molecule has 0 spiro atoms. The molecule has 306 valence electrons. The third-order valence-corrected chi connectivity index (χ3v) is 12.9. The Morgan fingerprint density at radius 1 is 0.982 bits per heavy atom. The van der Waals surface area contributed by atoms with Gasteiger partial charge in [-0.3, -0.25) is 4.79 Å². The lowest BCUT2D eigenvalue weighted by Crippen LogP contribution is -2.64. The Bertz CT molecular complexity index is 1890. The quantitative estimate of drug-likeness (QED) is 0.0499. The Labute approximate surface area is 346 Å². The number of hydrogen-bond donors (Lipinski definition) is 3. The fourth-order valence-corrected chi connectivity index (χ4v) is 10.1. The Balaban J connectivity index is 1.54. The maximum atomic E-state index is 11.8. The average Bonchev–Trinajstić information content (AvgIpc) is 3.19. The molecule has 6 rings (SSSR count). The number of aliphatic hydroxyl groups excluding tert-OH is 2. The lowest BCUT2D eigenvalue weighted by atomic mass is 9.56. The fraction of sp³-hybridized carbons (Fsp3) is 0.478. The standard InChI is InChI=1S/C46H58N2O7S2/c1-7-26-52-46-42(57-36-19-14-32(15-20-36)47-30(2)51)29-40(48-55-45(3,4)5)38-27-31(12-8-10-24-49)37(13-9-11-25-50)43(44(38)46)39-28-34(18-23-41(39)54-46)53-33-16-21-35(56-6)22-17-33/h7,14-23,27-28,31,37,42-44,49-50H,1,8-13,24-26,29H2,2-6H3,(H,47,51)/t31-,37+,42-,43+,44+,46+/m0/s1. The van der Waals surface area contributed by atoms with Crippen molar-refractivity contribution >= 4 is 40.8 Å². The highest BCUT2D eigenvalue weighted by molar-refractivity contribution is 8.00. The molecule has 3 aromatic carbocycles. The number of aliphatic hydroxyl groups is 2. The number of rotatable bonds is 18. The van der Waals surface area contributed by atoms with Gasteiger partial charge in [-0.2, -0.15) is 0 Å². The summed E-state index contributed by atoms with van der Waals surface area (Å²) >= 11 is 3.37. The summed E-state index contributed by atoms with van der Waals surface area (Å²) in [7, 11) is 0. The number of nitrogens with one attached hydrogen (secondary N) is 1. The zero-order valence-corrected chi connectivity index (χ0v) is 35.5. The van der Waals surface area contributed by atoms with Crippen molar-refractivity contribution in [3.8, 4) is 17.2 Å². The smallest absolute Gasteiger partial charge is 0.231 e. The number of nitrogens with zero attached hydrogens (tertiary/aromatic N) is 1. The van der Waals surface area contributed by atoms with Crippen LogP contribution in [0.25, 0.3) is 0 Å². The van der Waals surface area contributed by atoms with Crippen molar-refractivity contribution in [2.45, 2.75) is 105 Å². The van der Waals surface area contributed by atoms with Crippen LogP contribution in [0.5, 0.6) is 17.2 Å². The minimum Gasteiger partial charge on any atom is -0.460 e. The topological polar surface area (TPSA) is 119 Å². The first-order valence-electron chi connectivity index (χ1n) is 20.1. The van der Waals surface area contributed by atoms with Gasteiger partial charge in [0.05, 0.1) is 23.5 Å².